The molecule has 0 aliphatic carbocycles. The molecule has 2 N–H and O–H groups in total. The van der Waals surface area contributed by atoms with E-state index < -0.39 is 16.1 Å². The Labute approximate surface area is 210 Å². The maximum absolute atomic E-state index is 13.4. The maximum atomic E-state index is 13.4. The number of sulfonamides is 1. The summed E-state index contributed by atoms with van der Waals surface area (Å²) < 4.78 is 33.8. The molecule has 194 valence electrons. The number of amides is 1. The van der Waals surface area contributed by atoms with E-state index in [1.165, 1.54) is 4.31 Å². The number of nitrogens with one attached hydrogen (secondary N) is 1. The van der Waals surface area contributed by atoms with Gasteiger partial charge in [0.25, 0.3) is 0 Å². The molecule has 0 saturated carbocycles. The summed E-state index contributed by atoms with van der Waals surface area (Å²) in [5.41, 5.74) is 2.04. The Morgan fingerprint density at radius 3 is 2.29 bits per heavy atom. The normalized spacial score (nSPS) is 13.6. The highest BCUT2D eigenvalue weighted by Gasteiger charge is 2.27. The summed E-state index contributed by atoms with van der Waals surface area (Å²) in [6.45, 7) is 8.38. The predicted molar refractivity (Wildman–Crippen MR) is 139 cm³/mol. The molecule has 0 aliphatic heterocycles. The molecule has 1 unspecified atom stereocenters. The average molecular weight is 505 g/mol. The fourth-order valence-electron chi connectivity index (χ4n) is 3.84. The van der Waals surface area contributed by atoms with Gasteiger partial charge in [-0.2, -0.15) is 4.31 Å². The first-order valence-electron chi connectivity index (χ1n) is 12.3. The second kappa shape index (κ2) is 14.2. The van der Waals surface area contributed by atoms with Crippen LogP contribution in [0.2, 0.25) is 0 Å². The zero-order valence-corrected chi connectivity index (χ0v) is 22.1. The fourth-order valence-corrected chi connectivity index (χ4v) is 5.46. The van der Waals surface area contributed by atoms with Gasteiger partial charge in [0, 0.05) is 32.2 Å². The van der Waals surface area contributed by atoms with Crippen molar-refractivity contribution in [2.75, 3.05) is 19.7 Å². The molecule has 35 heavy (non-hydrogen) atoms. The fraction of sp³-hybridized carbons (Fsp3) is 0.519. The van der Waals surface area contributed by atoms with E-state index in [1.54, 1.807) is 24.3 Å². The van der Waals surface area contributed by atoms with Gasteiger partial charge in [0.2, 0.25) is 10.0 Å². The van der Waals surface area contributed by atoms with E-state index in [2.05, 4.69) is 5.32 Å². The van der Waals surface area contributed by atoms with E-state index >= 15 is 0 Å². The lowest BCUT2D eigenvalue weighted by Gasteiger charge is -2.27. The zero-order chi connectivity index (χ0) is 25.8. The van der Waals surface area contributed by atoms with Crippen LogP contribution in [-0.2, 0) is 21.2 Å². The highest BCUT2D eigenvalue weighted by atomic mass is 32.2. The summed E-state index contributed by atoms with van der Waals surface area (Å²) >= 11 is 0. The number of carbonyl (C=O) groups excluding carboxylic acids is 1. The second-order valence-corrected chi connectivity index (χ2v) is 11.3. The molecule has 0 heterocycles. The first-order valence-corrected chi connectivity index (χ1v) is 13.8. The molecule has 2 aromatic carbocycles. The molecular weight excluding hydrogens is 464 g/mol. The van der Waals surface area contributed by atoms with Gasteiger partial charge >= 0.3 is 6.09 Å². The summed E-state index contributed by atoms with van der Waals surface area (Å²) in [5, 5.41) is 12.1. The van der Waals surface area contributed by atoms with Gasteiger partial charge in [-0.1, -0.05) is 68.8 Å². The molecule has 2 aromatic rings. The van der Waals surface area contributed by atoms with Crippen molar-refractivity contribution in [3.8, 4) is 0 Å². The van der Waals surface area contributed by atoms with Crippen LogP contribution in [0.3, 0.4) is 0 Å². The van der Waals surface area contributed by atoms with Crippen molar-refractivity contribution in [1.29, 1.82) is 0 Å². The van der Waals surface area contributed by atoms with E-state index in [4.69, 9.17) is 4.74 Å². The van der Waals surface area contributed by atoms with Crippen molar-refractivity contribution in [3.63, 3.8) is 0 Å². The Morgan fingerprint density at radius 2 is 1.71 bits per heavy atom. The number of alkyl carbamates (subject to hydrolysis) is 1. The molecule has 0 saturated heterocycles. The lowest BCUT2D eigenvalue weighted by atomic mass is 10.0. The Hall–Kier alpha value is -2.42. The van der Waals surface area contributed by atoms with Crippen molar-refractivity contribution in [3.05, 3.63) is 65.7 Å². The summed E-state index contributed by atoms with van der Waals surface area (Å²) in [7, 11) is -3.68. The van der Waals surface area contributed by atoms with Crippen LogP contribution in [0, 0.1) is 12.8 Å². The maximum Gasteiger partial charge on any atom is 0.407 e. The van der Waals surface area contributed by atoms with Crippen LogP contribution in [0.5, 0.6) is 0 Å². The molecule has 2 atom stereocenters. The van der Waals surface area contributed by atoms with Gasteiger partial charge in [0.15, 0.2) is 0 Å². The second-order valence-electron chi connectivity index (χ2n) is 9.34. The number of rotatable bonds is 14. The number of carbonyl (C=O) groups is 1. The minimum absolute atomic E-state index is 0.0553. The standard InChI is InChI=1S/C27H40N2O5S/c1-5-25(16-18-30)34-27(31)28-24(19-23-9-7-6-8-10-23)15-17-29(20-21(2)3)35(32,33)26-13-11-22(4)12-14-26/h6-14,21,24-25,30H,5,15-20H2,1-4H3,(H,28,31)/t24-,25?/m1/s1. The van der Waals surface area contributed by atoms with Gasteiger partial charge in [-0.15, -0.1) is 0 Å². The summed E-state index contributed by atoms with van der Waals surface area (Å²) in [5.74, 6) is 0.143. The minimum atomic E-state index is -3.68. The molecule has 2 rings (SSSR count). The first-order chi connectivity index (χ1) is 16.6. The number of benzene rings is 2. The van der Waals surface area contributed by atoms with Crippen molar-refractivity contribution in [2.24, 2.45) is 5.92 Å². The highest BCUT2D eigenvalue weighted by Crippen LogP contribution is 2.19. The van der Waals surface area contributed by atoms with Gasteiger partial charge in [0.1, 0.15) is 6.10 Å². The van der Waals surface area contributed by atoms with Gasteiger partial charge in [-0.05, 0) is 49.8 Å². The number of aryl methyl sites for hydroxylation is 1. The number of aliphatic hydroxyl groups is 1. The van der Waals surface area contributed by atoms with Crippen LogP contribution in [0.25, 0.3) is 0 Å². The number of nitrogens with zero attached hydrogens (tertiary/aromatic N) is 1. The molecule has 0 spiro atoms. The third-order valence-corrected chi connectivity index (χ3v) is 7.66. The van der Waals surface area contributed by atoms with E-state index in [1.807, 2.05) is 58.0 Å². The van der Waals surface area contributed by atoms with Crippen LogP contribution in [-0.4, -0.2) is 55.8 Å². The molecule has 7 nitrogen and oxygen atoms in total. The molecular formula is C27H40N2O5S. The van der Waals surface area contributed by atoms with Gasteiger partial charge in [0.05, 0.1) is 4.90 Å². The van der Waals surface area contributed by atoms with Crippen molar-refractivity contribution >= 4 is 16.1 Å². The zero-order valence-electron chi connectivity index (χ0n) is 21.3. The van der Waals surface area contributed by atoms with Gasteiger partial charge < -0.3 is 15.2 Å². The summed E-state index contributed by atoms with van der Waals surface area (Å²) in [6, 6.07) is 16.3. The monoisotopic (exact) mass is 504 g/mol. The lowest BCUT2D eigenvalue weighted by molar-refractivity contribution is 0.0753. The largest absolute Gasteiger partial charge is 0.446 e. The number of hydrogen-bond acceptors (Lipinski definition) is 5. The molecule has 8 heteroatoms. The van der Waals surface area contributed by atoms with Crippen LogP contribution < -0.4 is 5.32 Å². The molecule has 0 aliphatic rings. The van der Waals surface area contributed by atoms with Crippen LogP contribution >= 0.6 is 0 Å². The van der Waals surface area contributed by atoms with Crippen LogP contribution in [0.4, 0.5) is 4.79 Å². The molecule has 0 fully saturated rings. The molecule has 0 bridgehead atoms. The Morgan fingerprint density at radius 1 is 1.06 bits per heavy atom. The average Bonchev–Trinajstić information content (AvgIpc) is 2.81. The number of aliphatic hydroxyl groups excluding tert-OH is 1. The van der Waals surface area contributed by atoms with Crippen LogP contribution in [0.15, 0.2) is 59.5 Å². The van der Waals surface area contributed by atoms with Crippen molar-refractivity contribution < 1.29 is 23.1 Å². The summed E-state index contributed by atoms with van der Waals surface area (Å²) in [6.07, 6.45) is 1.05. The topological polar surface area (TPSA) is 95.9 Å². The smallest absolute Gasteiger partial charge is 0.407 e. The number of ether oxygens (including phenoxy) is 1. The number of hydrogen-bond donors (Lipinski definition) is 2. The minimum Gasteiger partial charge on any atom is -0.446 e. The van der Waals surface area contributed by atoms with E-state index in [-0.39, 0.29) is 36.1 Å². The van der Waals surface area contributed by atoms with E-state index in [9.17, 15) is 18.3 Å². The molecule has 1 amide bonds. The Balaban J connectivity index is 2.19. The Bertz CT molecular complexity index is 994. The quantitative estimate of drug-likeness (QED) is 0.394. The van der Waals surface area contributed by atoms with E-state index in [0.717, 1.165) is 11.1 Å². The molecule has 0 aromatic heterocycles. The molecule has 0 radical (unpaired) electrons. The third kappa shape index (κ3) is 9.63. The van der Waals surface area contributed by atoms with E-state index in [0.29, 0.717) is 32.2 Å². The predicted octanol–water partition coefficient (Wildman–Crippen LogP) is 4.53. The van der Waals surface area contributed by atoms with Crippen molar-refractivity contribution in [1.82, 2.24) is 9.62 Å². The van der Waals surface area contributed by atoms with Crippen LogP contribution in [0.1, 0.15) is 51.2 Å². The first kappa shape index (κ1) is 28.8. The lowest BCUT2D eigenvalue weighted by Crippen LogP contribution is -2.42. The van der Waals surface area contributed by atoms with Crippen molar-refractivity contribution in [2.45, 2.75) is 70.4 Å². The third-order valence-electron chi connectivity index (χ3n) is 5.78. The Kier molecular flexibility index (Phi) is 11.7. The van der Waals surface area contributed by atoms with Gasteiger partial charge in [-0.25, -0.2) is 13.2 Å². The highest BCUT2D eigenvalue weighted by molar-refractivity contribution is 7.89. The summed E-state index contributed by atoms with van der Waals surface area (Å²) in [4.78, 5) is 12.9. The van der Waals surface area contributed by atoms with Gasteiger partial charge in [-0.3, -0.25) is 0 Å². The SMILES string of the molecule is CCC(CCO)OC(=O)N[C@H](CCN(CC(C)C)S(=O)(=O)c1ccc(C)cc1)Cc1ccccc1.